The second-order valence-corrected chi connectivity index (χ2v) is 4.27. The minimum absolute atomic E-state index is 0.554. The van der Waals surface area contributed by atoms with Crippen LogP contribution < -0.4 is 5.46 Å². The van der Waals surface area contributed by atoms with Gasteiger partial charge in [0, 0.05) is 0 Å². The summed E-state index contributed by atoms with van der Waals surface area (Å²) in [7, 11) is 0. The van der Waals surface area contributed by atoms with Gasteiger partial charge in [0.15, 0.2) is 0 Å². The summed E-state index contributed by atoms with van der Waals surface area (Å²) in [5, 5.41) is 0.784. The van der Waals surface area contributed by atoms with E-state index in [-0.39, 0.29) is 0 Å². The topological polar surface area (TPSA) is 12.9 Å². The van der Waals surface area contributed by atoms with Gasteiger partial charge in [0.05, 0.1) is 15.2 Å². The van der Waals surface area contributed by atoms with Gasteiger partial charge >= 0.3 is 6.98 Å². The van der Waals surface area contributed by atoms with Gasteiger partial charge in [-0.1, -0.05) is 12.1 Å². The zero-order valence-corrected chi connectivity index (χ0v) is 8.12. The maximum absolute atomic E-state index is 12.4. The zero-order valence-electron chi connectivity index (χ0n) is 7.30. The van der Waals surface area contributed by atoms with Crippen LogP contribution in [0.2, 0.25) is 0 Å². The minimum atomic E-state index is -4.90. The second-order valence-electron chi connectivity index (χ2n) is 3.03. The van der Waals surface area contributed by atoms with Crippen LogP contribution in [0.3, 0.4) is 0 Å². The van der Waals surface area contributed by atoms with E-state index in [1.807, 2.05) is 0 Å². The number of aromatic nitrogens is 1. The third-order valence-electron chi connectivity index (χ3n) is 1.90. The fraction of sp³-hybridized carbons (Fsp3) is 0.125. The fourth-order valence-corrected chi connectivity index (χ4v) is 2.14. The highest BCUT2D eigenvalue weighted by molar-refractivity contribution is 7.18. The number of benzene rings is 1. The van der Waals surface area contributed by atoms with Crippen LogP contribution in [0.1, 0.15) is 5.01 Å². The first-order valence-electron chi connectivity index (χ1n) is 4.04. The molecule has 0 saturated heterocycles. The fourth-order valence-electron chi connectivity index (χ4n) is 1.26. The number of nitrogens with zero attached hydrogens (tertiary/aromatic N) is 1. The Balaban J connectivity index is 2.62. The van der Waals surface area contributed by atoms with Gasteiger partial charge < -0.3 is 12.9 Å². The Morgan fingerprint density at radius 3 is 2.64 bits per heavy atom. The molecule has 1 heterocycles. The summed E-state index contributed by atoms with van der Waals surface area (Å²) in [5.41, 5.74) is 0.0810. The Bertz CT molecular complexity index is 477. The lowest BCUT2D eigenvalue weighted by Crippen LogP contribution is -2.33. The lowest BCUT2D eigenvalue weighted by molar-refractivity contribution is 0.501. The molecule has 14 heavy (non-hydrogen) atoms. The van der Waals surface area contributed by atoms with Crippen LogP contribution in [0.15, 0.2) is 18.2 Å². The lowest BCUT2D eigenvalue weighted by Gasteiger charge is -2.13. The molecule has 2 rings (SSSR count). The molecule has 0 atom stereocenters. The molecule has 0 radical (unpaired) electrons. The summed E-state index contributed by atoms with van der Waals surface area (Å²) < 4.78 is 37.7. The number of hydrogen-bond acceptors (Lipinski definition) is 2. The van der Waals surface area contributed by atoms with Crippen LogP contribution in [-0.2, 0) is 0 Å². The predicted octanol–water partition coefficient (Wildman–Crippen LogP) is 2.66. The van der Waals surface area contributed by atoms with Gasteiger partial charge in [-0.25, -0.2) is 4.98 Å². The van der Waals surface area contributed by atoms with Crippen molar-refractivity contribution < 1.29 is 12.9 Å². The van der Waals surface area contributed by atoms with Crippen LogP contribution in [-0.4, -0.2) is 12.0 Å². The third-order valence-corrected chi connectivity index (χ3v) is 2.83. The van der Waals surface area contributed by atoms with Crippen molar-refractivity contribution in [2.24, 2.45) is 0 Å². The number of hydrogen-bond donors (Lipinski definition) is 0. The first-order chi connectivity index (χ1) is 6.47. The number of thiazole rings is 1. The van der Waals surface area contributed by atoms with Gasteiger partial charge in [-0.3, -0.25) is 0 Å². The highest BCUT2D eigenvalue weighted by Gasteiger charge is 2.25. The molecule has 0 aliphatic carbocycles. The quantitative estimate of drug-likeness (QED) is 0.667. The maximum Gasteiger partial charge on any atom is 0.509 e. The van der Waals surface area contributed by atoms with Crippen LogP contribution in [0.25, 0.3) is 10.2 Å². The van der Waals surface area contributed by atoms with E-state index in [0.29, 0.717) is 10.2 Å². The Morgan fingerprint density at radius 2 is 2.00 bits per heavy atom. The van der Waals surface area contributed by atoms with Crippen LogP contribution in [0.5, 0.6) is 0 Å². The number of fused-ring (bicyclic) bond motifs is 1. The molecule has 1 aromatic carbocycles. The predicted molar refractivity (Wildman–Crippen MR) is 53.1 cm³/mol. The first-order valence-corrected chi connectivity index (χ1v) is 4.85. The molecule has 0 aliphatic heterocycles. The average molecular weight is 216 g/mol. The summed E-state index contributed by atoms with van der Waals surface area (Å²) in [6, 6.07) is 3.67. The first kappa shape index (κ1) is 9.52. The molecule has 1 aromatic heterocycles. The lowest BCUT2D eigenvalue weighted by atomic mass is 9.80. The van der Waals surface area contributed by atoms with E-state index in [4.69, 9.17) is 0 Å². The molecule has 0 fully saturated rings. The smallest absolute Gasteiger partial charge is 0.445 e. The van der Waals surface area contributed by atoms with Gasteiger partial charge in [-0.05, 0) is 13.0 Å². The summed E-state index contributed by atoms with van der Waals surface area (Å²) >= 11 is 1.28. The Kier molecular flexibility index (Phi) is 2.03. The van der Waals surface area contributed by atoms with E-state index in [1.165, 1.54) is 23.5 Å². The van der Waals surface area contributed by atoms with Crippen molar-refractivity contribution in [2.45, 2.75) is 6.92 Å². The van der Waals surface area contributed by atoms with Crippen molar-refractivity contribution in [1.29, 1.82) is 0 Å². The van der Waals surface area contributed by atoms with Gasteiger partial charge in [0.25, 0.3) is 0 Å². The SMILES string of the molecule is Cc1nc2ccc([B-](F)(F)F)cc2s1. The molecule has 0 saturated carbocycles. The van der Waals surface area contributed by atoms with Crippen molar-refractivity contribution in [3.8, 4) is 0 Å². The van der Waals surface area contributed by atoms with E-state index in [2.05, 4.69) is 4.98 Å². The Morgan fingerprint density at radius 1 is 1.29 bits per heavy atom. The molecule has 0 spiro atoms. The van der Waals surface area contributed by atoms with E-state index in [9.17, 15) is 12.9 Å². The van der Waals surface area contributed by atoms with Crippen LogP contribution >= 0.6 is 11.3 Å². The summed E-state index contributed by atoms with van der Waals surface area (Å²) in [6.45, 7) is -3.12. The highest BCUT2D eigenvalue weighted by Crippen LogP contribution is 2.21. The van der Waals surface area contributed by atoms with Gasteiger partial charge in [-0.2, -0.15) is 0 Å². The van der Waals surface area contributed by atoms with Gasteiger partial charge in [0.1, 0.15) is 0 Å². The van der Waals surface area contributed by atoms with Gasteiger partial charge in [-0.15, -0.1) is 16.8 Å². The largest absolute Gasteiger partial charge is 0.509 e. The van der Waals surface area contributed by atoms with E-state index in [1.54, 1.807) is 6.92 Å². The summed E-state index contributed by atoms with van der Waals surface area (Å²) in [6.07, 6.45) is 0. The molecule has 0 unspecified atom stereocenters. The molecular weight excluding hydrogens is 210 g/mol. The standard InChI is InChI=1S/C8H6BF3NS/c1-5-13-7-3-2-6(9(10,11)12)4-8(7)14-5/h2-4H,1H3/q-1. The van der Waals surface area contributed by atoms with Crippen molar-refractivity contribution in [3.05, 3.63) is 23.2 Å². The molecule has 6 heteroatoms. The summed E-state index contributed by atoms with van der Waals surface area (Å²) in [5.74, 6) is 0. The molecular formula is C8H6BF3NS-. The van der Waals surface area contributed by atoms with Crippen molar-refractivity contribution >= 4 is 34.0 Å². The maximum atomic E-state index is 12.4. The molecule has 74 valence electrons. The highest BCUT2D eigenvalue weighted by atomic mass is 32.1. The van der Waals surface area contributed by atoms with E-state index >= 15 is 0 Å². The van der Waals surface area contributed by atoms with E-state index in [0.717, 1.165) is 11.1 Å². The zero-order chi connectivity index (χ0) is 10.3. The molecule has 0 amide bonds. The monoisotopic (exact) mass is 216 g/mol. The number of halogens is 3. The molecule has 0 N–H and O–H groups in total. The second kappa shape index (κ2) is 2.98. The van der Waals surface area contributed by atoms with Crippen molar-refractivity contribution in [2.75, 3.05) is 0 Å². The number of rotatable bonds is 1. The van der Waals surface area contributed by atoms with Crippen LogP contribution in [0, 0.1) is 6.92 Å². The molecule has 2 aromatic rings. The molecule has 1 nitrogen and oxygen atoms in total. The summed E-state index contributed by atoms with van der Waals surface area (Å²) in [4.78, 5) is 4.09. The Labute approximate surface area is 82.6 Å². The van der Waals surface area contributed by atoms with Crippen molar-refractivity contribution in [3.63, 3.8) is 0 Å². The minimum Gasteiger partial charge on any atom is -0.445 e. The normalized spacial score (nSPS) is 12.3. The third kappa shape index (κ3) is 1.62. The number of aryl methyl sites for hydroxylation is 1. The average Bonchev–Trinajstić information content (AvgIpc) is 2.41. The Hall–Kier alpha value is -1.04. The van der Waals surface area contributed by atoms with Gasteiger partial charge in [0.2, 0.25) is 0 Å². The van der Waals surface area contributed by atoms with Crippen LogP contribution in [0.4, 0.5) is 12.9 Å². The van der Waals surface area contributed by atoms with E-state index < -0.39 is 12.4 Å². The van der Waals surface area contributed by atoms with Crippen molar-refractivity contribution in [1.82, 2.24) is 4.98 Å². The molecule has 0 bridgehead atoms. The molecule has 0 aliphatic rings.